The van der Waals surface area contributed by atoms with E-state index in [1.807, 2.05) is 6.92 Å². The molecule has 19 heavy (non-hydrogen) atoms. The lowest BCUT2D eigenvalue weighted by molar-refractivity contribution is 0.250. The van der Waals surface area contributed by atoms with Crippen LogP contribution >= 0.6 is 0 Å². The Morgan fingerprint density at radius 3 is 2.74 bits per heavy atom. The third-order valence-electron chi connectivity index (χ3n) is 4.10. The van der Waals surface area contributed by atoms with Gasteiger partial charge in [-0.1, -0.05) is 18.9 Å². The lowest BCUT2D eigenvalue weighted by Crippen LogP contribution is -2.43. The zero-order chi connectivity index (χ0) is 13.8. The molecule has 0 aliphatic heterocycles. The maximum Gasteiger partial charge on any atom is 0.130 e. The molecule has 0 saturated heterocycles. The van der Waals surface area contributed by atoms with Crippen molar-refractivity contribution in [3.63, 3.8) is 0 Å². The lowest BCUT2D eigenvalue weighted by Gasteiger charge is -2.34. The second kappa shape index (κ2) is 6.44. The fraction of sp³-hybridized carbons (Fsp3) is 0.600. The number of benzene rings is 1. The number of hydrogen-bond acceptors (Lipinski definition) is 2. The van der Waals surface area contributed by atoms with Crippen molar-refractivity contribution in [3.8, 4) is 0 Å². The zero-order valence-electron chi connectivity index (χ0n) is 11.3. The van der Waals surface area contributed by atoms with Gasteiger partial charge in [-0.25, -0.2) is 8.78 Å². The molecule has 0 aromatic heterocycles. The molecule has 1 fully saturated rings. The zero-order valence-corrected chi connectivity index (χ0v) is 11.3. The molecule has 0 heterocycles. The van der Waals surface area contributed by atoms with E-state index in [0.29, 0.717) is 24.1 Å². The molecule has 2 nitrogen and oxygen atoms in total. The van der Waals surface area contributed by atoms with Gasteiger partial charge < -0.3 is 11.1 Å². The van der Waals surface area contributed by atoms with Crippen molar-refractivity contribution in [2.45, 2.75) is 44.7 Å². The minimum Gasteiger partial charge on any atom is -0.330 e. The number of nitrogens with two attached hydrogens (primary N) is 1. The van der Waals surface area contributed by atoms with Crippen molar-refractivity contribution in [2.24, 2.45) is 11.7 Å². The van der Waals surface area contributed by atoms with E-state index in [0.717, 1.165) is 18.9 Å². The third kappa shape index (κ3) is 3.51. The summed E-state index contributed by atoms with van der Waals surface area (Å²) in [6.07, 6.45) is 4.62. The van der Waals surface area contributed by atoms with Gasteiger partial charge in [0.2, 0.25) is 0 Å². The van der Waals surface area contributed by atoms with Crippen LogP contribution in [-0.4, -0.2) is 12.6 Å². The Kier molecular flexibility index (Phi) is 4.88. The molecule has 1 aliphatic carbocycles. The van der Waals surface area contributed by atoms with E-state index in [4.69, 9.17) is 5.73 Å². The lowest BCUT2D eigenvalue weighted by atomic mass is 9.84. The van der Waals surface area contributed by atoms with E-state index < -0.39 is 11.6 Å². The average Bonchev–Trinajstić information content (AvgIpc) is 2.39. The molecule has 3 N–H and O–H groups in total. The van der Waals surface area contributed by atoms with Crippen LogP contribution in [0.1, 0.15) is 44.2 Å². The topological polar surface area (TPSA) is 38.0 Å². The Balaban J connectivity index is 2.05. The number of hydrogen-bond donors (Lipinski definition) is 2. The van der Waals surface area contributed by atoms with Crippen LogP contribution in [0.2, 0.25) is 0 Å². The molecule has 2 rings (SSSR count). The number of nitrogens with one attached hydrogen (secondary N) is 1. The van der Waals surface area contributed by atoms with E-state index in [1.165, 1.54) is 25.0 Å². The molecule has 1 aromatic carbocycles. The predicted molar refractivity (Wildman–Crippen MR) is 72.7 cm³/mol. The molecule has 3 atom stereocenters. The van der Waals surface area contributed by atoms with Crippen molar-refractivity contribution < 1.29 is 8.78 Å². The molecule has 0 spiro atoms. The van der Waals surface area contributed by atoms with Gasteiger partial charge in [0.1, 0.15) is 11.6 Å². The van der Waals surface area contributed by atoms with Crippen molar-refractivity contribution in [1.29, 1.82) is 0 Å². The summed E-state index contributed by atoms with van der Waals surface area (Å²) >= 11 is 0. The Labute approximate surface area is 113 Å². The third-order valence-corrected chi connectivity index (χ3v) is 4.10. The summed E-state index contributed by atoms with van der Waals surface area (Å²) in [7, 11) is 0. The van der Waals surface area contributed by atoms with Crippen LogP contribution in [0.5, 0.6) is 0 Å². The first-order chi connectivity index (χ1) is 9.11. The largest absolute Gasteiger partial charge is 0.330 e. The van der Waals surface area contributed by atoms with E-state index in [9.17, 15) is 8.78 Å². The minimum absolute atomic E-state index is 0.127. The minimum atomic E-state index is -0.536. The summed E-state index contributed by atoms with van der Waals surface area (Å²) < 4.78 is 26.6. The molecule has 0 radical (unpaired) electrons. The van der Waals surface area contributed by atoms with E-state index in [1.54, 1.807) is 0 Å². The normalized spacial score (nSPS) is 25.3. The Morgan fingerprint density at radius 1 is 1.32 bits per heavy atom. The van der Waals surface area contributed by atoms with E-state index in [2.05, 4.69) is 5.32 Å². The molecule has 1 saturated carbocycles. The van der Waals surface area contributed by atoms with Crippen LogP contribution < -0.4 is 11.1 Å². The van der Waals surface area contributed by atoms with Crippen LogP contribution in [0.15, 0.2) is 18.2 Å². The first-order valence-corrected chi connectivity index (χ1v) is 7.03. The molecule has 1 aromatic rings. The summed E-state index contributed by atoms with van der Waals surface area (Å²) in [5.74, 6) is -0.564. The van der Waals surface area contributed by atoms with Gasteiger partial charge in [-0.2, -0.15) is 0 Å². The van der Waals surface area contributed by atoms with Crippen LogP contribution in [0.25, 0.3) is 0 Å². The molecule has 0 amide bonds. The average molecular weight is 268 g/mol. The second-order valence-corrected chi connectivity index (χ2v) is 5.44. The van der Waals surface area contributed by atoms with E-state index >= 15 is 0 Å². The Bertz CT molecular complexity index is 423. The number of rotatable bonds is 4. The molecular weight excluding hydrogens is 246 g/mol. The van der Waals surface area contributed by atoms with Gasteiger partial charge in [0.15, 0.2) is 0 Å². The van der Waals surface area contributed by atoms with Gasteiger partial charge in [0.25, 0.3) is 0 Å². The highest BCUT2D eigenvalue weighted by molar-refractivity contribution is 5.21. The molecule has 0 bridgehead atoms. The highest BCUT2D eigenvalue weighted by Crippen LogP contribution is 2.27. The van der Waals surface area contributed by atoms with Crippen LogP contribution in [0.4, 0.5) is 8.78 Å². The standard InChI is InChI=1S/C15H22F2N2/c1-10(13-7-6-12(16)8-14(13)17)19-15-5-3-2-4-11(15)9-18/h6-8,10-11,15,19H,2-5,9,18H2,1H3. The molecule has 106 valence electrons. The van der Waals surface area contributed by atoms with E-state index in [-0.39, 0.29) is 6.04 Å². The van der Waals surface area contributed by atoms with Gasteiger partial charge in [0.05, 0.1) is 0 Å². The fourth-order valence-electron chi connectivity index (χ4n) is 2.97. The van der Waals surface area contributed by atoms with Crippen LogP contribution in [-0.2, 0) is 0 Å². The monoisotopic (exact) mass is 268 g/mol. The first kappa shape index (κ1) is 14.4. The highest BCUT2D eigenvalue weighted by atomic mass is 19.1. The van der Waals surface area contributed by atoms with Crippen molar-refractivity contribution >= 4 is 0 Å². The second-order valence-electron chi connectivity index (χ2n) is 5.44. The summed E-state index contributed by atoms with van der Waals surface area (Å²) in [6, 6.07) is 3.96. The van der Waals surface area contributed by atoms with Gasteiger partial charge in [-0.05, 0) is 38.3 Å². The predicted octanol–water partition coefficient (Wildman–Crippen LogP) is 3.13. The molecule has 1 aliphatic rings. The maximum atomic E-state index is 13.7. The Morgan fingerprint density at radius 2 is 2.05 bits per heavy atom. The smallest absolute Gasteiger partial charge is 0.130 e. The molecular formula is C15H22F2N2. The van der Waals surface area contributed by atoms with Gasteiger partial charge in [0, 0.05) is 23.7 Å². The molecule has 4 heteroatoms. The van der Waals surface area contributed by atoms with Gasteiger partial charge in [-0.3, -0.25) is 0 Å². The summed E-state index contributed by atoms with van der Waals surface area (Å²) in [5.41, 5.74) is 6.31. The quantitative estimate of drug-likeness (QED) is 0.880. The maximum absolute atomic E-state index is 13.7. The SMILES string of the molecule is CC(NC1CCCCC1CN)c1ccc(F)cc1F. The fourth-order valence-corrected chi connectivity index (χ4v) is 2.97. The highest BCUT2D eigenvalue weighted by Gasteiger charge is 2.25. The van der Waals surface area contributed by atoms with Gasteiger partial charge in [-0.15, -0.1) is 0 Å². The van der Waals surface area contributed by atoms with Crippen molar-refractivity contribution in [2.75, 3.05) is 6.54 Å². The summed E-state index contributed by atoms with van der Waals surface area (Å²) in [4.78, 5) is 0. The Hall–Kier alpha value is -1.00. The van der Waals surface area contributed by atoms with Crippen molar-refractivity contribution in [3.05, 3.63) is 35.4 Å². The van der Waals surface area contributed by atoms with Crippen LogP contribution in [0.3, 0.4) is 0 Å². The summed E-state index contributed by atoms with van der Waals surface area (Å²) in [6.45, 7) is 2.58. The molecule has 3 unspecified atom stereocenters. The van der Waals surface area contributed by atoms with Gasteiger partial charge >= 0.3 is 0 Å². The number of halogens is 2. The summed E-state index contributed by atoms with van der Waals surface area (Å²) in [5, 5.41) is 3.45. The van der Waals surface area contributed by atoms with Crippen LogP contribution in [0, 0.1) is 17.6 Å². The van der Waals surface area contributed by atoms with Crippen molar-refractivity contribution in [1.82, 2.24) is 5.32 Å². The first-order valence-electron chi connectivity index (χ1n) is 7.03.